The molecule has 0 amide bonds. The monoisotopic (exact) mass is 315 g/mol. The molecule has 1 N–H and O–H groups in total. The highest BCUT2D eigenvalue weighted by atomic mass is 32.2. The Kier molecular flexibility index (Phi) is 8.57. The van der Waals surface area contributed by atoms with Gasteiger partial charge in [0.2, 0.25) is 0 Å². The van der Waals surface area contributed by atoms with E-state index >= 15 is 0 Å². The highest BCUT2D eigenvalue weighted by molar-refractivity contribution is 7.98. The largest absolute Gasteiger partial charge is 0.347 e. The first-order valence-corrected chi connectivity index (χ1v) is 9.79. The van der Waals surface area contributed by atoms with E-state index in [1.165, 1.54) is 22.1 Å². The van der Waals surface area contributed by atoms with Crippen molar-refractivity contribution in [3.63, 3.8) is 0 Å². The predicted molar refractivity (Wildman–Crippen MR) is 94.4 cm³/mol. The van der Waals surface area contributed by atoms with Crippen molar-refractivity contribution in [1.82, 2.24) is 10.3 Å². The topological polar surface area (TPSA) is 28.2 Å². The minimum Gasteiger partial charge on any atom is -0.347 e. The van der Waals surface area contributed by atoms with E-state index < -0.39 is 0 Å². The van der Waals surface area contributed by atoms with Crippen LogP contribution < -0.4 is 10.2 Å². The van der Waals surface area contributed by atoms with Crippen molar-refractivity contribution in [2.24, 2.45) is 0 Å². The first kappa shape index (κ1) is 17.8. The van der Waals surface area contributed by atoms with Crippen LogP contribution in [0.3, 0.4) is 0 Å². The normalized spacial score (nSPS) is 12.7. The predicted octanol–water partition coefficient (Wildman–Crippen LogP) is 3.78. The summed E-state index contributed by atoms with van der Waals surface area (Å²) < 4.78 is 0. The maximum Gasteiger partial charge on any atom is 0.185 e. The molecule has 0 spiro atoms. The lowest BCUT2D eigenvalue weighted by molar-refractivity contribution is 0.669. The molecular formula is C15H29N3S2. The molecule has 0 aromatic carbocycles. The molecule has 0 saturated heterocycles. The van der Waals surface area contributed by atoms with E-state index in [-0.39, 0.29) is 0 Å². The number of rotatable bonds is 10. The molecule has 1 unspecified atom stereocenters. The lowest BCUT2D eigenvalue weighted by Gasteiger charge is -2.26. The molecular weight excluding hydrogens is 286 g/mol. The van der Waals surface area contributed by atoms with E-state index in [1.807, 2.05) is 23.1 Å². The molecule has 1 aromatic rings. The molecule has 5 heteroatoms. The molecule has 0 aliphatic heterocycles. The van der Waals surface area contributed by atoms with Crippen LogP contribution in [-0.4, -0.2) is 36.6 Å². The van der Waals surface area contributed by atoms with E-state index in [0.29, 0.717) is 6.04 Å². The quantitative estimate of drug-likeness (QED) is 0.711. The Hall–Kier alpha value is -0.260. The second-order valence-electron chi connectivity index (χ2n) is 5.02. The summed E-state index contributed by atoms with van der Waals surface area (Å²) in [6.45, 7) is 8.61. The van der Waals surface area contributed by atoms with Crippen molar-refractivity contribution in [1.29, 1.82) is 0 Å². The number of nitrogens with zero attached hydrogens (tertiary/aromatic N) is 2. The number of hydrogen-bond acceptors (Lipinski definition) is 5. The minimum absolute atomic E-state index is 0.581. The fourth-order valence-electron chi connectivity index (χ4n) is 2.18. The minimum atomic E-state index is 0.581. The summed E-state index contributed by atoms with van der Waals surface area (Å²) in [5.74, 6) is 1.16. The fraction of sp³-hybridized carbons (Fsp3) is 0.800. The zero-order chi connectivity index (χ0) is 15.0. The van der Waals surface area contributed by atoms with Crippen molar-refractivity contribution < 1.29 is 0 Å². The van der Waals surface area contributed by atoms with Gasteiger partial charge in [0.25, 0.3) is 0 Å². The van der Waals surface area contributed by atoms with Gasteiger partial charge in [0, 0.05) is 30.3 Å². The van der Waals surface area contributed by atoms with Gasteiger partial charge in [-0.3, -0.25) is 0 Å². The average Bonchev–Trinajstić information content (AvgIpc) is 2.85. The Balaban J connectivity index is 2.87. The maximum atomic E-state index is 4.90. The molecule has 1 aromatic heterocycles. The van der Waals surface area contributed by atoms with Gasteiger partial charge in [-0.2, -0.15) is 11.8 Å². The van der Waals surface area contributed by atoms with Crippen LogP contribution in [0.4, 0.5) is 5.13 Å². The Morgan fingerprint density at radius 3 is 2.65 bits per heavy atom. The summed E-state index contributed by atoms with van der Waals surface area (Å²) in [6, 6.07) is 0.581. The van der Waals surface area contributed by atoms with Gasteiger partial charge in [0.15, 0.2) is 5.13 Å². The van der Waals surface area contributed by atoms with Crippen LogP contribution in [-0.2, 0) is 13.0 Å². The Labute approximate surface area is 132 Å². The molecule has 1 atom stereocenters. The summed E-state index contributed by atoms with van der Waals surface area (Å²) in [5.41, 5.74) is 1.29. The molecule has 0 aliphatic rings. The molecule has 0 saturated carbocycles. The number of anilines is 1. The molecule has 1 rings (SSSR count). The Bertz CT molecular complexity index is 379. The smallest absolute Gasteiger partial charge is 0.185 e. The number of thioether (sulfide) groups is 1. The Morgan fingerprint density at radius 2 is 2.10 bits per heavy atom. The van der Waals surface area contributed by atoms with Gasteiger partial charge in [-0.25, -0.2) is 4.98 Å². The van der Waals surface area contributed by atoms with Crippen molar-refractivity contribution in [2.45, 2.75) is 52.6 Å². The van der Waals surface area contributed by atoms with Crippen LogP contribution in [0, 0.1) is 0 Å². The second kappa shape index (κ2) is 9.64. The third-order valence-corrected chi connectivity index (χ3v) is 5.38. The number of thiazole rings is 1. The summed E-state index contributed by atoms with van der Waals surface area (Å²) in [4.78, 5) is 8.68. The Morgan fingerprint density at radius 1 is 1.35 bits per heavy atom. The molecule has 1 heterocycles. The average molecular weight is 316 g/mol. The molecule has 0 radical (unpaired) electrons. The first-order valence-electron chi connectivity index (χ1n) is 7.58. The van der Waals surface area contributed by atoms with Gasteiger partial charge >= 0.3 is 0 Å². The van der Waals surface area contributed by atoms with Crippen molar-refractivity contribution in [2.75, 3.05) is 30.5 Å². The zero-order valence-electron chi connectivity index (χ0n) is 13.5. The molecule has 0 bridgehead atoms. The number of aryl methyl sites for hydroxylation is 1. The molecule has 3 nitrogen and oxygen atoms in total. The second-order valence-corrected chi connectivity index (χ2v) is 7.00. The van der Waals surface area contributed by atoms with Crippen LogP contribution in [0.5, 0.6) is 0 Å². The van der Waals surface area contributed by atoms with Crippen LogP contribution >= 0.6 is 23.1 Å². The van der Waals surface area contributed by atoms with Gasteiger partial charge in [0.05, 0.1) is 5.69 Å². The standard InChI is InChI=1S/C15H29N3S2/c1-6-9-13-14(10-16-8-3)20-15(17-13)18(4)12(7-2)11-19-5/h12,16H,6-11H2,1-5H3. The summed E-state index contributed by atoms with van der Waals surface area (Å²) in [7, 11) is 2.19. The fourth-order valence-corrected chi connectivity index (χ4v) is 4.13. The van der Waals surface area contributed by atoms with Crippen molar-refractivity contribution in [3.8, 4) is 0 Å². The van der Waals surface area contributed by atoms with E-state index in [2.05, 4.69) is 44.3 Å². The summed E-state index contributed by atoms with van der Waals surface area (Å²) in [6.07, 6.45) is 5.60. The van der Waals surface area contributed by atoms with Gasteiger partial charge in [0.1, 0.15) is 0 Å². The maximum absolute atomic E-state index is 4.90. The van der Waals surface area contributed by atoms with E-state index in [9.17, 15) is 0 Å². The van der Waals surface area contributed by atoms with Gasteiger partial charge in [-0.15, -0.1) is 11.3 Å². The highest BCUT2D eigenvalue weighted by Crippen LogP contribution is 2.29. The van der Waals surface area contributed by atoms with E-state index in [4.69, 9.17) is 4.98 Å². The summed E-state index contributed by atoms with van der Waals surface area (Å²) in [5, 5.41) is 4.61. The SMILES string of the molecule is CCCc1nc(N(C)C(CC)CSC)sc1CNCC. The third-order valence-electron chi connectivity index (χ3n) is 3.47. The van der Waals surface area contributed by atoms with Gasteiger partial charge in [-0.05, 0) is 25.6 Å². The lowest BCUT2D eigenvalue weighted by atomic mass is 10.2. The van der Waals surface area contributed by atoms with Crippen molar-refractivity contribution >= 4 is 28.2 Å². The molecule has 0 fully saturated rings. The van der Waals surface area contributed by atoms with Crippen LogP contribution in [0.25, 0.3) is 0 Å². The van der Waals surface area contributed by atoms with E-state index in [0.717, 1.165) is 31.7 Å². The van der Waals surface area contributed by atoms with Gasteiger partial charge in [-0.1, -0.05) is 27.2 Å². The van der Waals surface area contributed by atoms with Crippen LogP contribution in [0.2, 0.25) is 0 Å². The molecule has 0 aliphatic carbocycles. The number of nitrogens with one attached hydrogen (secondary N) is 1. The van der Waals surface area contributed by atoms with Crippen LogP contribution in [0.15, 0.2) is 0 Å². The number of hydrogen-bond donors (Lipinski definition) is 1. The van der Waals surface area contributed by atoms with Gasteiger partial charge < -0.3 is 10.2 Å². The van der Waals surface area contributed by atoms with Crippen molar-refractivity contribution in [3.05, 3.63) is 10.6 Å². The molecule has 116 valence electrons. The first-order chi connectivity index (χ1) is 9.67. The highest BCUT2D eigenvalue weighted by Gasteiger charge is 2.18. The molecule has 20 heavy (non-hydrogen) atoms. The third kappa shape index (κ3) is 4.93. The lowest BCUT2D eigenvalue weighted by Crippen LogP contribution is -2.33. The van der Waals surface area contributed by atoms with E-state index in [1.54, 1.807) is 0 Å². The number of aromatic nitrogens is 1. The van der Waals surface area contributed by atoms with Crippen LogP contribution in [0.1, 0.15) is 44.2 Å². The zero-order valence-corrected chi connectivity index (χ0v) is 15.2. The summed E-state index contributed by atoms with van der Waals surface area (Å²) >= 11 is 3.78.